The van der Waals surface area contributed by atoms with Crippen LogP contribution in [-0.4, -0.2) is 20.9 Å². The minimum Gasteiger partial charge on any atom is -0.370 e. The van der Waals surface area contributed by atoms with Crippen molar-refractivity contribution in [2.75, 3.05) is 10.8 Å². The number of halogens is 2. The van der Waals surface area contributed by atoms with Crippen LogP contribution < -0.4 is 10.0 Å². The van der Waals surface area contributed by atoms with E-state index in [4.69, 9.17) is 17.3 Å². The van der Waals surface area contributed by atoms with Gasteiger partial charge in [-0.3, -0.25) is 9.10 Å². The summed E-state index contributed by atoms with van der Waals surface area (Å²) in [6.07, 6.45) is -0.160. The number of carbonyl (C=O) groups is 1. The van der Waals surface area contributed by atoms with E-state index < -0.39 is 21.7 Å². The van der Waals surface area contributed by atoms with Crippen LogP contribution in [-0.2, 0) is 14.8 Å². The lowest BCUT2D eigenvalue weighted by atomic mass is 10.3. The molecule has 23 heavy (non-hydrogen) atoms. The van der Waals surface area contributed by atoms with Crippen LogP contribution in [0.3, 0.4) is 0 Å². The van der Waals surface area contributed by atoms with E-state index in [1.165, 1.54) is 0 Å². The van der Waals surface area contributed by atoms with Crippen LogP contribution in [0, 0.1) is 5.82 Å². The third-order valence-electron chi connectivity index (χ3n) is 3.07. The number of sulfonamides is 1. The number of primary amides is 1. The molecule has 0 aromatic heterocycles. The summed E-state index contributed by atoms with van der Waals surface area (Å²) in [5, 5.41) is -0.231. The molecule has 0 aliphatic heterocycles. The molecule has 8 heteroatoms. The average molecular weight is 357 g/mol. The Morgan fingerprint density at radius 3 is 2.39 bits per heavy atom. The van der Waals surface area contributed by atoms with Crippen LogP contribution in [0.5, 0.6) is 0 Å². The second kappa shape index (κ2) is 6.97. The fourth-order valence-corrected chi connectivity index (χ4v) is 3.97. The minimum absolute atomic E-state index is 0.143. The highest BCUT2D eigenvalue weighted by Crippen LogP contribution is 2.29. The number of hydrogen-bond acceptors (Lipinski definition) is 3. The molecular formula is C15H14ClFN2O3S. The first-order valence-electron chi connectivity index (χ1n) is 6.63. The Balaban J connectivity index is 2.50. The van der Waals surface area contributed by atoms with E-state index in [9.17, 15) is 17.6 Å². The Hall–Kier alpha value is -2.12. The van der Waals surface area contributed by atoms with Gasteiger partial charge in [0.05, 0.1) is 10.7 Å². The van der Waals surface area contributed by atoms with Crippen LogP contribution in [0.15, 0.2) is 53.4 Å². The quantitative estimate of drug-likeness (QED) is 0.863. The summed E-state index contributed by atoms with van der Waals surface area (Å²) in [6, 6.07) is 11.2. The van der Waals surface area contributed by atoms with Crippen molar-refractivity contribution in [3.63, 3.8) is 0 Å². The highest BCUT2D eigenvalue weighted by atomic mass is 35.5. The maximum atomic E-state index is 13.2. The molecule has 0 saturated heterocycles. The minimum atomic E-state index is -4.07. The Labute approximate surface area is 138 Å². The van der Waals surface area contributed by atoms with Crippen LogP contribution in [0.25, 0.3) is 0 Å². The molecule has 0 spiro atoms. The summed E-state index contributed by atoms with van der Waals surface area (Å²) in [7, 11) is -4.07. The summed E-state index contributed by atoms with van der Waals surface area (Å²) in [5.41, 5.74) is 5.47. The number of anilines is 1. The zero-order valence-corrected chi connectivity index (χ0v) is 13.5. The van der Waals surface area contributed by atoms with Gasteiger partial charge in [0.25, 0.3) is 10.0 Å². The molecule has 2 aromatic rings. The average Bonchev–Trinajstić information content (AvgIpc) is 2.47. The first-order valence-corrected chi connectivity index (χ1v) is 8.45. The van der Waals surface area contributed by atoms with Gasteiger partial charge in [-0.2, -0.15) is 0 Å². The fourth-order valence-electron chi connectivity index (χ4n) is 2.00. The molecule has 0 atom stereocenters. The molecule has 2 N–H and O–H groups in total. The van der Waals surface area contributed by atoms with Gasteiger partial charge in [0.1, 0.15) is 10.7 Å². The van der Waals surface area contributed by atoms with Crippen molar-refractivity contribution in [1.29, 1.82) is 0 Å². The number of nitrogens with zero attached hydrogens (tertiary/aromatic N) is 1. The van der Waals surface area contributed by atoms with Gasteiger partial charge in [-0.1, -0.05) is 29.8 Å². The Morgan fingerprint density at radius 1 is 1.17 bits per heavy atom. The van der Waals surface area contributed by atoms with Crippen molar-refractivity contribution in [3.8, 4) is 0 Å². The lowest BCUT2D eigenvalue weighted by Gasteiger charge is -2.24. The van der Waals surface area contributed by atoms with Crippen molar-refractivity contribution in [1.82, 2.24) is 0 Å². The molecule has 0 aliphatic rings. The summed E-state index contributed by atoms with van der Waals surface area (Å²) >= 11 is 5.87. The normalized spacial score (nSPS) is 11.2. The topological polar surface area (TPSA) is 80.5 Å². The molecule has 122 valence electrons. The van der Waals surface area contributed by atoms with Gasteiger partial charge in [0.2, 0.25) is 5.91 Å². The third-order valence-corrected chi connectivity index (χ3v) is 5.38. The predicted octanol–water partition coefficient (Wildman–Crippen LogP) is 2.55. The summed E-state index contributed by atoms with van der Waals surface area (Å²) in [6.45, 7) is -0.143. The summed E-state index contributed by atoms with van der Waals surface area (Å²) < 4.78 is 39.9. The molecule has 1 amide bonds. The molecule has 0 radical (unpaired) electrons. The monoisotopic (exact) mass is 356 g/mol. The highest BCUT2D eigenvalue weighted by molar-refractivity contribution is 7.93. The molecule has 5 nitrogen and oxygen atoms in total. The first-order chi connectivity index (χ1) is 10.8. The van der Waals surface area contributed by atoms with Gasteiger partial charge in [-0.05, 0) is 30.3 Å². The van der Waals surface area contributed by atoms with E-state index >= 15 is 0 Å². The molecule has 0 saturated carbocycles. The molecule has 0 unspecified atom stereocenters. The molecule has 2 rings (SSSR count). The Morgan fingerprint density at radius 2 is 1.83 bits per heavy atom. The molecule has 0 aliphatic carbocycles. The number of para-hydroxylation sites is 1. The standard InChI is InChI=1S/C15H14ClFN2O3S/c16-13-10-11(17)6-7-14(13)23(21,22)19(9-8-15(18)20)12-4-2-1-3-5-12/h1-7,10H,8-9H2,(H2,18,20). The number of benzene rings is 2. The number of rotatable bonds is 6. The largest absolute Gasteiger partial charge is 0.370 e. The number of nitrogens with two attached hydrogens (primary N) is 1. The lowest BCUT2D eigenvalue weighted by Crippen LogP contribution is -2.34. The molecule has 0 fully saturated rings. The second-order valence-corrected chi connectivity index (χ2v) is 6.94. The van der Waals surface area contributed by atoms with E-state index in [-0.39, 0.29) is 22.9 Å². The molecule has 0 bridgehead atoms. The van der Waals surface area contributed by atoms with E-state index in [0.717, 1.165) is 22.5 Å². The van der Waals surface area contributed by atoms with Crippen LogP contribution in [0.1, 0.15) is 6.42 Å². The zero-order valence-electron chi connectivity index (χ0n) is 11.9. The van der Waals surface area contributed by atoms with Crippen molar-refractivity contribution < 1.29 is 17.6 Å². The van der Waals surface area contributed by atoms with Crippen LogP contribution in [0.2, 0.25) is 5.02 Å². The van der Waals surface area contributed by atoms with E-state index in [1.54, 1.807) is 30.3 Å². The molecule has 0 heterocycles. The van der Waals surface area contributed by atoms with E-state index in [1.807, 2.05) is 0 Å². The SMILES string of the molecule is NC(=O)CCN(c1ccccc1)S(=O)(=O)c1ccc(F)cc1Cl. The van der Waals surface area contributed by atoms with Crippen molar-refractivity contribution in [2.24, 2.45) is 5.73 Å². The van der Waals surface area contributed by atoms with Gasteiger partial charge in [-0.25, -0.2) is 12.8 Å². The molecule has 2 aromatic carbocycles. The van der Waals surface area contributed by atoms with Gasteiger partial charge in [0, 0.05) is 13.0 Å². The van der Waals surface area contributed by atoms with E-state index in [0.29, 0.717) is 5.69 Å². The predicted molar refractivity (Wildman–Crippen MR) is 86.2 cm³/mol. The van der Waals surface area contributed by atoms with Crippen molar-refractivity contribution >= 4 is 33.2 Å². The number of amides is 1. The van der Waals surface area contributed by atoms with Gasteiger partial charge in [-0.15, -0.1) is 0 Å². The Kier molecular flexibility index (Phi) is 5.23. The third kappa shape index (κ3) is 4.00. The number of hydrogen-bond donors (Lipinski definition) is 1. The van der Waals surface area contributed by atoms with Crippen LogP contribution >= 0.6 is 11.6 Å². The first kappa shape index (κ1) is 17.2. The van der Waals surface area contributed by atoms with Crippen molar-refractivity contribution in [3.05, 3.63) is 59.4 Å². The maximum absolute atomic E-state index is 13.2. The van der Waals surface area contributed by atoms with Gasteiger partial charge >= 0.3 is 0 Å². The zero-order chi connectivity index (χ0) is 17.0. The van der Waals surface area contributed by atoms with Crippen molar-refractivity contribution in [2.45, 2.75) is 11.3 Å². The van der Waals surface area contributed by atoms with Gasteiger partial charge < -0.3 is 5.73 Å². The van der Waals surface area contributed by atoms with E-state index in [2.05, 4.69) is 0 Å². The van der Waals surface area contributed by atoms with Crippen LogP contribution in [0.4, 0.5) is 10.1 Å². The molecular weight excluding hydrogens is 343 g/mol. The summed E-state index contributed by atoms with van der Waals surface area (Å²) in [4.78, 5) is 10.8. The lowest BCUT2D eigenvalue weighted by molar-refractivity contribution is -0.117. The summed E-state index contributed by atoms with van der Waals surface area (Å²) in [5.74, 6) is -1.27. The Bertz CT molecular complexity index is 813. The fraction of sp³-hybridized carbons (Fsp3) is 0.133. The highest BCUT2D eigenvalue weighted by Gasteiger charge is 2.27. The van der Waals surface area contributed by atoms with Gasteiger partial charge in [0.15, 0.2) is 0 Å². The smallest absolute Gasteiger partial charge is 0.265 e. The maximum Gasteiger partial charge on any atom is 0.265 e. The number of carbonyl (C=O) groups excluding carboxylic acids is 1. The second-order valence-electron chi connectivity index (χ2n) is 4.70.